The molecule has 6 nitrogen and oxygen atoms in total. The molecule has 7 heteroatoms. The number of aromatic nitrogens is 1. The number of rotatable bonds is 3. The van der Waals surface area contributed by atoms with Crippen LogP contribution in [0.2, 0.25) is 0 Å². The van der Waals surface area contributed by atoms with Gasteiger partial charge < -0.3 is 4.57 Å². The van der Waals surface area contributed by atoms with Crippen molar-refractivity contribution in [3.05, 3.63) is 28.6 Å². The Labute approximate surface area is 143 Å². The van der Waals surface area contributed by atoms with Gasteiger partial charge in [-0.05, 0) is 23.6 Å². The molecule has 0 radical (unpaired) electrons. The second-order valence-corrected chi connectivity index (χ2v) is 7.21. The standard InChI is InChI=1S/C17H19N3O3S/c1-10(2)11-4-5-12-13(8-11)24-17(19(12)3)18-14(21)9-20-15(22)6-7-16(20)23/h4-5,8,10H,6-7,9H2,1-3H3. The summed E-state index contributed by atoms with van der Waals surface area (Å²) >= 11 is 1.43. The lowest BCUT2D eigenvalue weighted by molar-refractivity contribution is -0.141. The molecule has 1 aromatic carbocycles. The first-order chi connectivity index (χ1) is 11.4. The van der Waals surface area contributed by atoms with Crippen LogP contribution in [0.1, 0.15) is 38.2 Å². The molecule has 1 fully saturated rings. The van der Waals surface area contributed by atoms with Gasteiger partial charge in [0.1, 0.15) is 6.54 Å². The van der Waals surface area contributed by atoms with E-state index in [9.17, 15) is 14.4 Å². The fourth-order valence-electron chi connectivity index (χ4n) is 2.69. The number of carbonyl (C=O) groups excluding carboxylic acids is 3. The van der Waals surface area contributed by atoms with Crippen LogP contribution in [0.4, 0.5) is 0 Å². The molecule has 126 valence electrons. The first-order valence-corrected chi connectivity index (χ1v) is 8.68. The van der Waals surface area contributed by atoms with Gasteiger partial charge in [0.05, 0.1) is 10.2 Å². The first-order valence-electron chi connectivity index (χ1n) is 7.87. The zero-order valence-electron chi connectivity index (χ0n) is 13.9. The Balaban J connectivity index is 1.92. The number of thiazole rings is 1. The van der Waals surface area contributed by atoms with Crippen LogP contribution in [0.3, 0.4) is 0 Å². The highest BCUT2D eigenvalue weighted by atomic mass is 32.1. The highest BCUT2D eigenvalue weighted by Crippen LogP contribution is 2.23. The third-order valence-electron chi connectivity index (χ3n) is 4.17. The van der Waals surface area contributed by atoms with Crippen molar-refractivity contribution in [1.82, 2.24) is 9.47 Å². The molecule has 3 amide bonds. The summed E-state index contributed by atoms with van der Waals surface area (Å²) in [4.78, 5) is 41.0. The molecule has 1 aliphatic rings. The zero-order valence-corrected chi connectivity index (χ0v) is 14.7. The number of hydrogen-bond donors (Lipinski definition) is 0. The number of likely N-dealkylation sites (tertiary alicyclic amines) is 1. The Morgan fingerprint density at radius 1 is 1.25 bits per heavy atom. The van der Waals surface area contributed by atoms with E-state index in [0.717, 1.165) is 15.1 Å². The van der Waals surface area contributed by atoms with Crippen molar-refractivity contribution in [2.45, 2.75) is 32.6 Å². The lowest BCUT2D eigenvalue weighted by Crippen LogP contribution is -2.34. The number of hydrogen-bond acceptors (Lipinski definition) is 4. The zero-order chi connectivity index (χ0) is 17.4. The number of nitrogens with zero attached hydrogens (tertiary/aromatic N) is 3. The van der Waals surface area contributed by atoms with Crippen molar-refractivity contribution in [3.8, 4) is 0 Å². The van der Waals surface area contributed by atoms with Crippen LogP contribution in [0, 0.1) is 0 Å². The quantitative estimate of drug-likeness (QED) is 0.798. The van der Waals surface area contributed by atoms with Crippen LogP contribution in [0.25, 0.3) is 10.2 Å². The summed E-state index contributed by atoms with van der Waals surface area (Å²) in [5.41, 5.74) is 2.24. The Morgan fingerprint density at radius 2 is 1.92 bits per heavy atom. The van der Waals surface area contributed by atoms with Gasteiger partial charge in [0.2, 0.25) is 11.8 Å². The summed E-state index contributed by atoms with van der Waals surface area (Å²) in [7, 11) is 1.85. The molecule has 0 saturated carbocycles. The summed E-state index contributed by atoms with van der Waals surface area (Å²) in [6, 6.07) is 6.22. The molecule has 0 aliphatic carbocycles. The van der Waals surface area contributed by atoms with Gasteiger partial charge in [0.25, 0.3) is 5.91 Å². The molecule has 1 aliphatic heterocycles. The van der Waals surface area contributed by atoms with Gasteiger partial charge in [0, 0.05) is 19.9 Å². The van der Waals surface area contributed by atoms with Gasteiger partial charge in [-0.25, -0.2) is 0 Å². The van der Waals surface area contributed by atoms with Crippen LogP contribution in [0.15, 0.2) is 23.2 Å². The lowest BCUT2D eigenvalue weighted by atomic mass is 10.0. The largest absolute Gasteiger partial charge is 0.319 e. The summed E-state index contributed by atoms with van der Waals surface area (Å²) in [5, 5.41) is 0. The normalized spacial score (nSPS) is 16.0. The van der Waals surface area contributed by atoms with E-state index in [0.29, 0.717) is 10.7 Å². The fourth-order valence-corrected chi connectivity index (χ4v) is 3.78. The van der Waals surface area contributed by atoms with E-state index in [1.807, 2.05) is 17.7 Å². The van der Waals surface area contributed by atoms with E-state index in [4.69, 9.17) is 0 Å². The average Bonchev–Trinajstić information content (AvgIpc) is 3.01. The molecule has 0 unspecified atom stereocenters. The van der Waals surface area contributed by atoms with Gasteiger partial charge >= 0.3 is 0 Å². The Bertz CT molecular complexity index is 891. The summed E-state index contributed by atoms with van der Waals surface area (Å²) < 4.78 is 2.92. The molecule has 2 aromatic rings. The van der Waals surface area contributed by atoms with E-state index in [2.05, 4.69) is 31.0 Å². The average molecular weight is 345 g/mol. The van der Waals surface area contributed by atoms with Crippen molar-refractivity contribution < 1.29 is 14.4 Å². The summed E-state index contributed by atoms with van der Waals surface area (Å²) in [5.74, 6) is -0.655. The molecule has 0 bridgehead atoms. The Morgan fingerprint density at radius 3 is 2.54 bits per heavy atom. The second kappa shape index (κ2) is 6.32. The van der Waals surface area contributed by atoms with Crippen LogP contribution < -0.4 is 4.80 Å². The van der Waals surface area contributed by atoms with E-state index in [1.54, 1.807) is 0 Å². The van der Waals surface area contributed by atoms with Crippen LogP contribution in [-0.2, 0) is 21.4 Å². The summed E-state index contributed by atoms with van der Waals surface area (Å²) in [6.45, 7) is 3.99. The lowest BCUT2D eigenvalue weighted by Gasteiger charge is -2.09. The number of aryl methyl sites for hydroxylation is 1. The van der Waals surface area contributed by atoms with Gasteiger partial charge in [-0.1, -0.05) is 31.3 Å². The molecule has 0 atom stereocenters. The second-order valence-electron chi connectivity index (χ2n) is 6.20. The van der Waals surface area contributed by atoms with Crippen LogP contribution >= 0.6 is 11.3 Å². The fraction of sp³-hybridized carbons (Fsp3) is 0.412. The predicted octanol–water partition coefficient (Wildman–Crippen LogP) is 1.94. The van der Waals surface area contributed by atoms with E-state index in [-0.39, 0.29) is 31.2 Å². The minimum Gasteiger partial charge on any atom is -0.319 e. The molecular formula is C17H19N3O3S. The van der Waals surface area contributed by atoms with Gasteiger partial charge in [0.15, 0.2) is 4.80 Å². The third-order valence-corrected chi connectivity index (χ3v) is 5.26. The Hall–Kier alpha value is -2.28. The predicted molar refractivity (Wildman–Crippen MR) is 91.4 cm³/mol. The number of carbonyl (C=O) groups is 3. The number of benzene rings is 1. The SMILES string of the molecule is CC(C)c1ccc2c(c1)sc(=NC(=O)CN1C(=O)CCC1=O)n2C. The molecule has 24 heavy (non-hydrogen) atoms. The van der Waals surface area contributed by atoms with E-state index >= 15 is 0 Å². The summed E-state index contributed by atoms with van der Waals surface area (Å²) in [6.07, 6.45) is 0.363. The molecule has 0 N–H and O–H groups in total. The number of amides is 3. The minimum atomic E-state index is -0.482. The van der Waals surface area contributed by atoms with Crippen molar-refractivity contribution in [2.24, 2.45) is 12.0 Å². The number of fused-ring (bicyclic) bond motifs is 1. The Kier molecular flexibility index (Phi) is 4.36. The van der Waals surface area contributed by atoms with Crippen molar-refractivity contribution in [2.75, 3.05) is 6.54 Å². The topological polar surface area (TPSA) is 71.7 Å². The smallest absolute Gasteiger partial charge is 0.268 e. The van der Waals surface area contributed by atoms with Gasteiger partial charge in [-0.3, -0.25) is 19.3 Å². The molecule has 3 rings (SSSR count). The maximum atomic E-state index is 12.1. The highest BCUT2D eigenvalue weighted by Gasteiger charge is 2.30. The van der Waals surface area contributed by atoms with Crippen LogP contribution in [-0.4, -0.2) is 33.7 Å². The third kappa shape index (κ3) is 3.03. The van der Waals surface area contributed by atoms with Crippen molar-refractivity contribution in [1.29, 1.82) is 0 Å². The van der Waals surface area contributed by atoms with Gasteiger partial charge in [-0.2, -0.15) is 4.99 Å². The monoisotopic (exact) mass is 345 g/mol. The number of imide groups is 1. The van der Waals surface area contributed by atoms with Crippen LogP contribution in [0.5, 0.6) is 0 Å². The van der Waals surface area contributed by atoms with E-state index in [1.165, 1.54) is 16.9 Å². The van der Waals surface area contributed by atoms with E-state index < -0.39 is 5.91 Å². The molecule has 2 heterocycles. The molecular weight excluding hydrogens is 326 g/mol. The molecule has 1 saturated heterocycles. The first kappa shape index (κ1) is 16.6. The molecule has 0 spiro atoms. The minimum absolute atomic E-state index is 0.181. The van der Waals surface area contributed by atoms with Crippen molar-refractivity contribution in [3.63, 3.8) is 0 Å². The van der Waals surface area contributed by atoms with Crippen molar-refractivity contribution >= 4 is 39.3 Å². The maximum Gasteiger partial charge on any atom is 0.268 e. The van der Waals surface area contributed by atoms with Gasteiger partial charge in [-0.15, -0.1) is 0 Å². The highest BCUT2D eigenvalue weighted by molar-refractivity contribution is 7.16. The maximum absolute atomic E-state index is 12.1. The molecule has 1 aromatic heterocycles.